The van der Waals surface area contributed by atoms with Crippen LogP contribution in [0.4, 0.5) is 0 Å². The summed E-state index contributed by atoms with van der Waals surface area (Å²) in [4.78, 5) is 7.86. The molecular formula is C20H31IN4OS. The van der Waals surface area contributed by atoms with Crippen LogP contribution < -0.4 is 10.6 Å². The van der Waals surface area contributed by atoms with Gasteiger partial charge in [0.2, 0.25) is 0 Å². The van der Waals surface area contributed by atoms with E-state index in [1.165, 1.54) is 22.2 Å². The zero-order valence-electron chi connectivity index (χ0n) is 16.4. The number of aliphatic imine (C=N–C) groups is 1. The highest BCUT2D eigenvalue weighted by Gasteiger charge is 2.31. The minimum absolute atomic E-state index is 0. The molecule has 2 aromatic rings. The van der Waals surface area contributed by atoms with E-state index in [-0.39, 0.29) is 28.7 Å². The number of aromatic nitrogens is 1. The van der Waals surface area contributed by atoms with Gasteiger partial charge in [0.15, 0.2) is 5.96 Å². The molecular weight excluding hydrogens is 471 g/mol. The number of aryl methyl sites for hydroxylation is 1. The Balaban J connectivity index is 0.00000261. The fraction of sp³-hybridized carbons (Fsp3) is 0.550. The van der Waals surface area contributed by atoms with Gasteiger partial charge in [-0.05, 0) is 44.1 Å². The number of nitrogens with one attached hydrogen (secondary N) is 3. The molecule has 1 aromatic heterocycles. The van der Waals surface area contributed by atoms with Gasteiger partial charge in [0.25, 0.3) is 0 Å². The predicted octanol–water partition coefficient (Wildman–Crippen LogP) is 3.71. The van der Waals surface area contributed by atoms with Crippen molar-refractivity contribution in [2.45, 2.75) is 30.9 Å². The van der Waals surface area contributed by atoms with Gasteiger partial charge in [-0.3, -0.25) is 4.99 Å². The molecule has 150 valence electrons. The summed E-state index contributed by atoms with van der Waals surface area (Å²) in [6, 6.07) is 8.50. The Morgan fingerprint density at radius 1 is 1.26 bits per heavy atom. The molecule has 3 rings (SSSR count). The van der Waals surface area contributed by atoms with Gasteiger partial charge in [-0.1, -0.05) is 18.2 Å². The number of aromatic amines is 1. The van der Waals surface area contributed by atoms with Gasteiger partial charge in [-0.15, -0.1) is 24.0 Å². The van der Waals surface area contributed by atoms with Gasteiger partial charge in [0.1, 0.15) is 0 Å². The smallest absolute Gasteiger partial charge is 0.191 e. The Kier molecular flexibility index (Phi) is 8.75. The van der Waals surface area contributed by atoms with Gasteiger partial charge in [-0.2, -0.15) is 11.8 Å². The first-order valence-corrected chi connectivity index (χ1v) is 10.5. The van der Waals surface area contributed by atoms with Crippen molar-refractivity contribution in [3.05, 3.63) is 35.5 Å². The first-order chi connectivity index (χ1) is 12.7. The number of guanidine groups is 1. The quantitative estimate of drug-likeness (QED) is 0.320. The second kappa shape index (κ2) is 10.6. The van der Waals surface area contributed by atoms with E-state index in [2.05, 4.69) is 58.1 Å². The lowest BCUT2D eigenvalue weighted by atomic mass is 9.99. The van der Waals surface area contributed by atoms with Crippen molar-refractivity contribution in [1.29, 1.82) is 0 Å². The average molecular weight is 502 g/mol. The molecule has 27 heavy (non-hydrogen) atoms. The molecule has 0 unspecified atom stereocenters. The minimum atomic E-state index is 0. The maximum Gasteiger partial charge on any atom is 0.191 e. The summed E-state index contributed by atoms with van der Waals surface area (Å²) in [5.74, 6) is 0.877. The number of benzene rings is 1. The maximum atomic E-state index is 5.52. The average Bonchev–Trinajstić information content (AvgIpc) is 3.00. The van der Waals surface area contributed by atoms with Crippen molar-refractivity contribution < 1.29 is 4.74 Å². The number of thioether (sulfide) groups is 1. The summed E-state index contributed by atoms with van der Waals surface area (Å²) in [6.45, 7) is 5.64. The van der Waals surface area contributed by atoms with Crippen molar-refractivity contribution in [1.82, 2.24) is 15.6 Å². The number of fused-ring (bicyclic) bond motifs is 1. The Morgan fingerprint density at radius 2 is 2.00 bits per heavy atom. The van der Waals surface area contributed by atoms with E-state index in [1.807, 2.05) is 18.8 Å². The summed E-state index contributed by atoms with van der Waals surface area (Å²) in [6.07, 6.45) is 5.35. The molecule has 0 aliphatic carbocycles. The molecule has 1 fully saturated rings. The van der Waals surface area contributed by atoms with E-state index in [4.69, 9.17) is 4.74 Å². The van der Waals surface area contributed by atoms with E-state index in [0.29, 0.717) is 0 Å². The van der Waals surface area contributed by atoms with Crippen molar-refractivity contribution in [2.24, 2.45) is 4.99 Å². The lowest BCUT2D eigenvalue weighted by Gasteiger charge is -2.36. The Labute approximate surface area is 183 Å². The standard InChI is InChI=1S/C20H30N4OS.HI/c1-15-16(17-6-4-5-7-18(17)24-15)8-11-22-19(21-2)23-14-20(26-3)9-12-25-13-10-20;/h4-7,24H,8-14H2,1-3H3,(H2,21,22,23);1H. The number of halogens is 1. The zero-order chi connectivity index (χ0) is 18.4. The third-order valence-corrected chi connectivity index (χ3v) is 6.75. The molecule has 5 nitrogen and oxygen atoms in total. The van der Waals surface area contributed by atoms with E-state index in [1.54, 1.807) is 0 Å². The molecule has 0 atom stereocenters. The molecule has 2 heterocycles. The molecule has 0 amide bonds. The van der Waals surface area contributed by atoms with E-state index >= 15 is 0 Å². The number of rotatable bonds is 6. The van der Waals surface area contributed by atoms with Gasteiger partial charge in [0.05, 0.1) is 0 Å². The van der Waals surface area contributed by atoms with Gasteiger partial charge in [-0.25, -0.2) is 0 Å². The van der Waals surface area contributed by atoms with Crippen molar-refractivity contribution in [2.75, 3.05) is 39.6 Å². The largest absolute Gasteiger partial charge is 0.381 e. The summed E-state index contributed by atoms with van der Waals surface area (Å²) in [5.41, 5.74) is 3.84. The first kappa shape index (κ1) is 22.4. The predicted molar refractivity (Wildman–Crippen MR) is 128 cm³/mol. The van der Waals surface area contributed by atoms with Gasteiger partial charge >= 0.3 is 0 Å². The fourth-order valence-electron chi connectivity index (χ4n) is 3.62. The monoisotopic (exact) mass is 502 g/mol. The minimum Gasteiger partial charge on any atom is -0.381 e. The lowest BCUT2D eigenvalue weighted by molar-refractivity contribution is 0.0783. The van der Waals surface area contributed by atoms with Crippen LogP contribution in [0.25, 0.3) is 10.9 Å². The number of para-hydroxylation sites is 1. The molecule has 1 aromatic carbocycles. The Bertz CT molecular complexity index is 756. The summed E-state index contributed by atoms with van der Waals surface area (Å²) in [5, 5.41) is 8.30. The van der Waals surface area contributed by atoms with Gasteiger partial charge in [0, 0.05) is 54.7 Å². The summed E-state index contributed by atoms with van der Waals surface area (Å²) >= 11 is 1.94. The molecule has 1 aliphatic heterocycles. The van der Waals surface area contributed by atoms with Crippen LogP contribution >= 0.6 is 35.7 Å². The van der Waals surface area contributed by atoms with Crippen molar-refractivity contribution >= 4 is 52.6 Å². The number of hydrogen-bond acceptors (Lipinski definition) is 3. The molecule has 0 bridgehead atoms. The topological polar surface area (TPSA) is 61.4 Å². The van der Waals surface area contributed by atoms with E-state index in [0.717, 1.165) is 51.5 Å². The maximum absolute atomic E-state index is 5.52. The molecule has 7 heteroatoms. The number of H-pyrrole nitrogens is 1. The zero-order valence-corrected chi connectivity index (χ0v) is 19.6. The van der Waals surface area contributed by atoms with E-state index in [9.17, 15) is 0 Å². The highest BCUT2D eigenvalue weighted by atomic mass is 127. The van der Waals surface area contributed by atoms with Crippen LogP contribution in [0.5, 0.6) is 0 Å². The van der Waals surface area contributed by atoms with Crippen molar-refractivity contribution in [3.8, 4) is 0 Å². The molecule has 0 spiro atoms. The molecule has 1 aliphatic rings. The second-order valence-electron chi connectivity index (χ2n) is 6.88. The van der Waals surface area contributed by atoms with Crippen LogP contribution in [-0.2, 0) is 11.2 Å². The number of ether oxygens (including phenoxy) is 1. The number of hydrogen-bond donors (Lipinski definition) is 3. The van der Waals surface area contributed by atoms with Crippen LogP contribution in [0.2, 0.25) is 0 Å². The fourth-order valence-corrected chi connectivity index (χ4v) is 4.42. The van der Waals surface area contributed by atoms with Crippen LogP contribution in [0.3, 0.4) is 0 Å². The summed E-state index contributed by atoms with van der Waals surface area (Å²) < 4.78 is 5.78. The Morgan fingerprint density at radius 3 is 2.70 bits per heavy atom. The number of nitrogens with zero attached hydrogens (tertiary/aromatic N) is 1. The molecule has 0 saturated carbocycles. The SMILES string of the molecule is CN=C(NCCc1c(C)[nH]c2ccccc12)NCC1(SC)CCOCC1.I. The Hall–Kier alpha value is -0.930. The first-order valence-electron chi connectivity index (χ1n) is 9.31. The highest BCUT2D eigenvalue weighted by molar-refractivity contribution is 14.0. The lowest BCUT2D eigenvalue weighted by Crippen LogP contribution is -2.48. The van der Waals surface area contributed by atoms with Crippen LogP contribution in [0.15, 0.2) is 29.3 Å². The van der Waals surface area contributed by atoms with Crippen LogP contribution in [0, 0.1) is 6.92 Å². The molecule has 1 saturated heterocycles. The van der Waals surface area contributed by atoms with Crippen LogP contribution in [-0.4, -0.2) is 55.3 Å². The van der Waals surface area contributed by atoms with E-state index < -0.39 is 0 Å². The normalized spacial score (nSPS) is 16.8. The van der Waals surface area contributed by atoms with Crippen LogP contribution in [0.1, 0.15) is 24.1 Å². The summed E-state index contributed by atoms with van der Waals surface area (Å²) in [7, 11) is 1.84. The second-order valence-corrected chi connectivity index (χ2v) is 8.15. The van der Waals surface area contributed by atoms with Gasteiger partial charge < -0.3 is 20.4 Å². The molecule has 0 radical (unpaired) electrons. The highest BCUT2D eigenvalue weighted by Crippen LogP contribution is 2.32. The third kappa shape index (κ3) is 5.54. The molecule has 3 N–H and O–H groups in total. The third-order valence-electron chi connectivity index (χ3n) is 5.33. The van der Waals surface area contributed by atoms with Crippen molar-refractivity contribution in [3.63, 3.8) is 0 Å².